The lowest BCUT2D eigenvalue weighted by Crippen LogP contribution is -2.14. The molecule has 1 aromatic carbocycles. The number of nitrogens with zero attached hydrogens (tertiary/aromatic N) is 4. The van der Waals surface area contributed by atoms with Gasteiger partial charge in [0, 0.05) is 12.0 Å². The largest absolute Gasteiger partial charge is 0.481 e. The molecule has 1 N–H and O–H groups in total. The molecule has 3 rings (SSSR count). The van der Waals surface area contributed by atoms with Crippen molar-refractivity contribution in [2.75, 3.05) is 0 Å². The van der Waals surface area contributed by atoms with Crippen LogP contribution >= 0.6 is 0 Å². The molecular formula is C15H10F4N4O2. The Morgan fingerprint density at radius 3 is 2.44 bits per heavy atom. The standard InChI is InChI=1S/C15H10F4N4O2/c16-9-3-1-8(2-4-9)10-7-11(15(17,18)19)23-14(20-10)21-12(22-23)5-6-13(24)25/h1-4,7H,5-6H2,(H,24,25). The summed E-state index contributed by atoms with van der Waals surface area (Å²) in [4.78, 5) is 18.5. The number of aryl methyl sites for hydroxylation is 1. The van der Waals surface area contributed by atoms with E-state index in [1.807, 2.05) is 0 Å². The molecule has 2 aromatic heterocycles. The molecule has 0 aliphatic rings. The summed E-state index contributed by atoms with van der Waals surface area (Å²) < 4.78 is 53.5. The lowest BCUT2D eigenvalue weighted by Gasteiger charge is -2.10. The molecule has 25 heavy (non-hydrogen) atoms. The number of rotatable bonds is 4. The van der Waals surface area contributed by atoms with E-state index in [-0.39, 0.29) is 35.7 Å². The Balaban J connectivity index is 2.13. The van der Waals surface area contributed by atoms with Gasteiger partial charge in [-0.15, -0.1) is 5.10 Å². The molecule has 6 nitrogen and oxygen atoms in total. The zero-order valence-electron chi connectivity index (χ0n) is 12.5. The van der Waals surface area contributed by atoms with Crippen LogP contribution in [0.15, 0.2) is 30.3 Å². The lowest BCUT2D eigenvalue weighted by atomic mass is 10.1. The number of hydrogen-bond acceptors (Lipinski definition) is 4. The Kier molecular flexibility index (Phi) is 4.11. The van der Waals surface area contributed by atoms with Gasteiger partial charge in [-0.1, -0.05) is 0 Å². The third-order valence-electron chi connectivity index (χ3n) is 3.35. The van der Waals surface area contributed by atoms with Gasteiger partial charge in [0.2, 0.25) is 0 Å². The molecule has 0 radical (unpaired) electrons. The van der Waals surface area contributed by atoms with E-state index in [1.165, 1.54) is 12.1 Å². The number of aliphatic carboxylic acids is 1. The monoisotopic (exact) mass is 354 g/mol. The van der Waals surface area contributed by atoms with E-state index in [2.05, 4.69) is 15.1 Å². The second-order valence-corrected chi connectivity index (χ2v) is 5.16. The molecule has 0 aliphatic heterocycles. The molecule has 3 aromatic rings. The minimum Gasteiger partial charge on any atom is -0.481 e. The van der Waals surface area contributed by atoms with Crippen LogP contribution in [0.5, 0.6) is 0 Å². The molecule has 0 bridgehead atoms. The van der Waals surface area contributed by atoms with Gasteiger partial charge in [0.05, 0.1) is 12.1 Å². The third-order valence-corrected chi connectivity index (χ3v) is 3.35. The summed E-state index contributed by atoms with van der Waals surface area (Å²) in [6.45, 7) is 0. The fourth-order valence-electron chi connectivity index (χ4n) is 2.21. The second-order valence-electron chi connectivity index (χ2n) is 5.16. The number of halogens is 4. The van der Waals surface area contributed by atoms with E-state index >= 15 is 0 Å². The summed E-state index contributed by atoms with van der Waals surface area (Å²) in [6.07, 6.45) is -5.17. The smallest absolute Gasteiger partial charge is 0.433 e. The Morgan fingerprint density at radius 2 is 1.84 bits per heavy atom. The van der Waals surface area contributed by atoms with E-state index in [1.54, 1.807) is 0 Å². The summed E-state index contributed by atoms with van der Waals surface area (Å²) in [5, 5.41) is 12.4. The highest BCUT2D eigenvalue weighted by Crippen LogP contribution is 2.31. The van der Waals surface area contributed by atoms with Crippen LogP contribution in [0, 0.1) is 5.82 Å². The van der Waals surface area contributed by atoms with Crippen molar-refractivity contribution in [1.82, 2.24) is 19.6 Å². The number of hydrogen-bond donors (Lipinski definition) is 1. The van der Waals surface area contributed by atoms with Gasteiger partial charge in [-0.25, -0.2) is 9.37 Å². The summed E-state index contributed by atoms with van der Waals surface area (Å²) >= 11 is 0. The Labute approximate surface area is 137 Å². The van der Waals surface area contributed by atoms with Crippen LogP contribution in [0.2, 0.25) is 0 Å². The SMILES string of the molecule is O=C(O)CCc1nc2nc(-c3ccc(F)cc3)cc(C(F)(F)F)n2n1. The van der Waals surface area contributed by atoms with E-state index in [0.717, 1.165) is 18.2 Å². The number of aromatic nitrogens is 4. The molecule has 0 saturated carbocycles. The van der Waals surface area contributed by atoms with E-state index in [0.29, 0.717) is 4.52 Å². The normalized spacial score (nSPS) is 11.8. The highest BCUT2D eigenvalue weighted by atomic mass is 19.4. The average Bonchev–Trinajstić information content (AvgIpc) is 2.94. The number of carboxylic acid groups (broad SMARTS) is 1. The Morgan fingerprint density at radius 1 is 1.16 bits per heavy atom. The van der Waals surface area contributed by atoms with Gasteiger partial charge in [-0.3, -0.25) is 4.79 Å². The molecule has 130 valence electrons. The molecule has 0 aliphatic carbocycles. The van der Waals surface area contributed by atoms with Crippen molar-refractivity contribution in [3.05, 3.63) is 47.7 Å². The van der Waals surface area contributed by atoms with Crippen LogP contribution in [0.4, 0.5) is 17.6 Å². The topological polar surface area (TPSA) is 80.4 Å². The van der Waals surface area contributed by atoms with E-state index < -0.39 is 23.7 Å². The van der Waals surface area contributed by atoms with Crippen molar-refractivity contribution in [1.29, 1.82) is 0 Å². The molecular weight excluding hydrogens is 344 g/mol. The van der Waals surface area contributed by atoms with Crippen LogP contribution in [-0.4, -0.2) is 30.7 Å². The first-order chi connectivity index (χ1) is 11.7. The first-order valence-corrected chi connectivity index (χ1v) is 7.05. The zero-order valence-corrected chi connectivity index (χ0v) is 12.5. The lowest BCUT2D eigenvalue weighted by molar-refractivity contribution is -0.142. The van der Waals surface area contributed by atoms with Gasteiger partial charge >= 0.3 is 12.1 Å². The molecule has 0 atom stereocenters. The summed E-state index contributed by atoms with van der Waals surface area (Å²) in [6, 6.07) is 5.61. The van der Waals surface area contributed by atoms with Crippen LogP contribution in [0.3, 0.4) is 0 Å². The van der Waals surface area contributed by atoms with Gasteiger partial charge in [-0.2, -0.15) is 22.7 Å². The summed E-state index contributed by atoms with van der Waals surface area (Å²) in [5.74, 6) is -2.01. The molecule has 0 spiro atoms. The van der Waals surface area contributed by atoms with Crippen LogP contribution < -0.4 is 0 Å². The van der Waals surface area contributed by atoms with Crippen molar-refractivity contribution in [3.63, 3.8) is 0 Å². The minimum atomic E-state index is -4.73. The Bertz CT molecular complexity index is 935. The van der Waals surface area contributed by atoms with Gasteiger partial charge in [0.15, 0.2) is 11.5 Å². The van der Waals surface area contributed by atoms with Crippen molar-refractivity contribution < 1.29 is 27.5 Å². The van der Waals surface area contributed by atoms with Crippen LogP contribution in [0.1, 0.15) is 17.9 Å². The van der Waals surface area contributed by atoms with Crippen molar-refractivity contribution in [2.24, 2.45) is 0 Å². The van der Waals surface area contributed by atoms with Crippen molar-refractivity contribution in [2.45, 2.75) is 19.0 Å². The highest BCUT2D eigenvalue weighted by Gasteiger charge is 2.35. The molecule has 0 amide bonds. The number of benzene rings is 1. The van der Waals surface area contributed by atoms with Gasteiger partial charge in [-0.05, 0) is 30.3 Å². The fraction of sp³-hybridized carbons (Fsp3) is 0.200. The van der Waals surface area contributed by atoms with Crippen molar-refractivity contribution >= 4 is 11.7 Å². The molecule has 0 fully saturated rings. The average molecular weight is 354 g/mol. The predicted molar refractivity (Wildman–Crippen MR) is 77.1 cm³/mol. The maximum atomic E-state index is 13.3. The van der Waals surface area contributed by atoms with E-state index in [4.69, 9.17) is 5.11 Å². The van der Waals surface area contributed by atoms with Crippen molar-refractivity contribution in [3.8, 4) is 11.3 Å². The van der Waals surface area contributed by atoms with Crippen LogP contribution in [0.25, 0.3) is 17.0 Å². The van der Waals surface area contributed by atoms with Gasteiger partial charge in [0.1, 0.15) is 5.82 Å². The summed E-state index contributed by atoms with van der Waals surface area (Å²) in [7, 11) is 0. The predicted octanol–water partition coefficient (Wildman–Crippen LogP) is 2.97. The van der Waals surface area contributed by atoms with Gasteiger partial charge in [0.25, 0.3) is 5.78 Å². The molecule has 2 heterocycles. The quantitative estimate of drug-likeness (QED) is 0.729. The zero-order chi connectivity index (χ0) is 18.2. The Hall–Kier alpha value is -3.04. The number of carboxylic acids is 1. The maximum absolute atomic E-state index is 13.3. The maximum Gasteiger partial charge on any atom is 0.433 e. The molecule has 0 saturated heterocycles. The first kappa shape index (κ1) is 16.8. The minimum absolute atomic E-state index is 0.0444. The second kappa shape index (κ2) is 6.11. The fourth-order valence-corrected chi connectivity index (χ4v) is 2.21. The van der Waals surface area contributed by atoms with Crippen LogP contribution in [-0.2, 0) is 17.4 Å². The molecule has 0 unspecified atom stereocenters. The first-order valence-electron chi connectivity index (χ1n) is 7.05. The number of carbonyl (C=O) groups is 1. The van der Waals surface area contributed by atoms with Gasteiger partial charge < -0.3 is 5.11 Å². The third kappa shape index (κ3) is 3.57. The number of alkyl halides is 3. The number of fused-ring (bicyclic) bond motifs is 1. The van der Waals surface area contributed by atoms with E-state index in [9.17, 15) is 22.4 Å². The molecule has 10 heteroatoms. The summed E-state index contributed by atoms with van der Waals surface area (Å²) in [5.41, 5.74) is -0.868. The highest BCUT2D eigenvalue weighted by molar-refractivity contribution is 5.67.